The molecule has 3 rings (SSSR count). The van der Waals surface area contributed by atoms with Gasteiger partial charge in [-0.25, -0.2) is 15.0 Å². The normalized spacial score (nSPS) is 11.7. The van der Waals surface area contributed by atoms with Gasteiger partial charge in [0.05, 0.1) is 35.9 Å². The number of hydrogen-bond donors (Lipinski definition) is 3. The fraction of sp³-hybridized carbons (Fsp3) is 0.167. The van der Waals surface area contributed by atoms with Crippen molar-refractivity contribution in [2.45, 2.75) is 19.4 Å². The number of hydrogen-bond acceptors (Lipinski definition) is 6. The summed E-state index contributed by atoms with van der Waals surface area (Å²) >= 11 is 5.90. The third kappa shape index (κ3) is 6.69. The van der Waals surface area contributed by atoms with Gasteiger partial charge in [-0.1, -0.05) is 41.9 Å². The highest BCUT2D eigenvalue weighted by Crippen LogP contribution is 2.26. The van der Waals surface area contributed by atoms with Crippen molar-refractivity contribution in [3.05, 3.63) is 82.6 Å². The Morgan fingerprint density at radius 3 is 2.62 bits per heavy atom. The average molecular weight is 484 g/mol. The lowest BCUT2D eigenvalue weighted by Crippen LogP contribution is -2.33. The third-order valence-corrected chi connectivity index (χ3v) is 4.98. The summed E-state index contributed by atoms with van der Waals surface area (Å²) in [5.41, 5.74) is 3.63. The lowest BCUT2D eigenvalue weighted by atomic mass is 10.0. The topological polar surface area (TPSA) is 130 Å². The first-order valence-electron chi connectivity index (χ1n) is 10.3. The number of halogens is 1. The van der Waals surface area contributed by atoms with E-state index in [1.54, 1.807) is 49.4 Å². The maximum Gasteiger partial charge on any atom is 0.407 e. The van der Waals surface area contributed by atoms with Crippen LogP contribution in [-0.4, -0.2) is 35.9 Å². The van der Waals surface area contributed by atoms with Gasteiger partial charge in [0.2, 0.25) is 5.91 Å². The molecule has 0 bridgehead atoms. The maximum atomic E-state index is 12.4. The highest BCUT2D eigenvalue weighted by atomic mass is 35.5. The molecule has 0 aliphatic carbocycles. The molecule has 9 nitrogen and oxygen atoms in total. The highest BCUT2D eigenvalue weighted by molar-refractivity contribution is 6.33. The van der Waals surface area contributed by atoms with Crippen molar-refractivity contribution in [2.24, 2.45) is 5.10 Å². The van der Waals surface area contributed by atoms with E-state index >= 15 is 0 Å². The average Bonchev–Trinajstić information content (AvgIpc) is 3.28. The Kier molecular flexibility index (Phi) is 8.42. The molecule has 2 aromatic carbocycles. The molecular weight excluding hydrogens is 462 g/mol. The summed E-state index contributed by atoms with van der Waals surface area (Å²) in [6.07, 6.45) is 0.627. The van der Waals surface area contributed by atoms with Gasteiger partial charge in [0.1, 0.15) is 11.5 Å². The Morgan fingerprint density at radius 2 is 1.91 bits per heavy atom. The summed E-state index contributed by atoms with van der Waals surface area (Å²) in [5.74, 6) is -0.826. The minimum Gasteiger partial charge on any atom is -0.478 e. The van der Waals surface area contributed by atoms with E-state index < -0.39 is 24.0 Å². The van der Waals surface area contributed by atoms with Crippen molar-refractivity contribution in [2.75, 3.05) is 6.61 Å². The second-order valence-corrected chi connectivity index (χ2v) is 7.43. The SMILES string of the molecule is CCOC(=O)N[C@@H](CC(=O)N/N=C\c1ccc(-c2ccc(Cl)c(C(=O)O)c2)o1)c1ccccc1. The minimum absolute atomic E-state index is 0.0394. The molecular formula is C24H22ClN3O6. The van der Waals surface area contributed by atoms with Gasteiger partial charge < -0.3 is 19.6 Å². The summed E-state index contributed by atoms with van der Waals surface area (Å²) in [6, 6.07) is 16.2. The second-order valence-electron chi connectivity index (χ2n) is 7.03. The first-order valence-corrected chi connectivity index (χ1v) is 10.7. The van der Waals surface area contributed by atoms with Gasteiger partial charge in [-0.05, 0) is 42.8 Å². The Hall–Kier alpha value is -4.11. The Bertz CT molecular complexity index is 1190. The van der Waals surface area contributed by atoms with Crippen LogP contribution in [0.4, 0.5) is 4.79 Å². The largest absolute Gasteiger partial charge is 0.478 e. The van der Waals surface area contributed by atoms with Crippen LogP contribution in [0.2, 0.25) is 5.02 Å². The summed E-state index contributed by atoms with van der Waals surface area (Å²) in [6.45, 7) is 1.90. The number of aromatic carboxylic acids is 1. The lowest BCUT2D eigenvalue weighted by molar-refractivity contribution is -0.121. The molecule has 2 amide bonds. The molecule has 1 atom stereocenters. The number of ether oxygens (including phenoxy) is 1. The number of nitrogens with one attached hydrogen (secondary N) is 2. The van der Waals surface area contributed by atoms with Crippen LogP contribution < -0.4 is 10.7 Å². The van der Waals surface area contributed by atoms with Gasteiger partial charge in [-0.3, -0.25) is 4.79 Å². The van der Waals surface area contributed by atoms with E-state index in [1.807, 2.05) is 6.07 Å². The van der Waals surface area contributed by atoms with Gasteiger partial charge in [-0.15, -0.1) is 0 Å². The summed E-state index contributed by atoms with van der Waals surface area (Å²) in [5, 5.41) is 15.9. The predicted molar refractivity (Wildman–Crippen MR) is 126 cm³/mol. The van der Waals surface area contributed by atoms with Gasteiger partial charge in [0, 0.05) is 5.56 Å². The molecule has 0 spiro atoms. The van der Waals surface area contributed by atoms with Gasteiger partial charge in [0.25, 0.3) is 0 Å². The molecule has 176 valence electrons. The van der Waals surface area contributed by atoms with Gasteiger partial charge >= 0.3 is 12.1 Å². The Balaban J connectivity index is 1.63. The van der Waals surface area contributed by atoms with Crippen molar-refractivity contribution in [3.63, 3.8) is 0 Å². The number of carboxylic acids is 1. The zero-order chi connectivity index (χ0) is 24.5. The van der Waals surface area contributed by atoms with E-state index in [-0.39, 0.29) is 23.6 Å². The van der Waals surface area contributed by atoms with E-state index in [1.165, 1.54) is 18.3 Å². The van der Waals surface area contributed by atoms with Crippen LogP contribution in [0.25, 0.3) is 11.3 Å². The van der Waals surface area contributed by atoms with Crippen LogP contribution in [-0.2, 0) is 9.53 Å². The van der Waals surface area contributed by atoms with E-state index in [9.17, 15) is 19.5 Å². The van der Waals surface area contributed by atoms with Crippen molar-refractivity contribution in [1.29, 1.82) is 0 Å². The third-order valence-electron chi connectivity index (χ3n) is 4.65. The molecule has 3 N–H and O–H groups in total. The number of benzene rings is 2. The quantitative estimate of drug-likeness (QED) is 0.300. The molecule has 0 aliphatic rings. The highest BCUT2D eigenvalue weighted by Gasteiger charge is 2.19. The minimum atomic E-state index is -1.14. The molecule has 10 heteroatoms. The summed E-state index contributed by atoms with van der Waals surface area (Å²) in [7, 11) is 0. The monoisotopic (exact) mass is 483 g/mol. The molecule has 3 aromatic rings. The number of rotatable bonds is 9. The zero-order valence-corrected chi connectivity index (χ0v) is 18.9. The number of hydrazone groups is 1. The number of nitrogens with zero attached hydrogens (tertiary/aromatic N) is 1. The molecule has 0 radical (unpaired) electrons. The van der Waals surface area contributed by atoms with Gasteiger partial charge in [0.15, 0.2) is 0 Å². The van der Waals surface area contributed by atoms with Crippen LogP contribution in [0, 0.1) is 0 Å². The van der Waals surface area contributed by atoms with Crippen molar-refractivity contribution >= 4 is 35.8 Å². The molecule has 34 heavy (non-hydrogen) atoms. The predicted octanol–water partition coefficient (Wildman–Crippen LogP) is 4.63. The van der Waals surface area contributed by atoms with Crippen LogP contribution in [0.1, 0.15) is 41.1 Å². The van der Waals surface area contributed by atoms with E-state index in [2.05, 4.69) is 15.8 Å². The second kappa shape index (κ2) is 11.7. The number of amides is 2. The first-order chi connectivity index (χ1) is 16.4. The number of carboxylic acid groups (broad SMARTS) is 1. The fourth-order valence-corrected chi connectivity index (χ4v) is 3.27. The van der Waals surface area contributed by atoms with Crippen LogP contribution in [0.3, 0.4) is 0 Å². The summed E-state index contributed by atoms with van der Waals surface area (Å²) in [4.78, 5) is 35.5. The Labute approximate surface area is 200 Å². The zero-order valence-electron chi connectivity index (χ0n) is 18.2. The first kappa shape index (κ1) is 24.5. The molecule has 1 aromatic heterocycles. The molecule has 0 fully saturated rings. The van der Waals surface area contributed by atoms with E-state index in [0.29, 0.717) is 17.1 Å². The number of carbonyl (C=O) groups excluding carboxylic acids is 2. The molecule has 0 unspecified atom stereocenters. The number of alkyl carbamates (subject to hydrolysis) is 1. The van der Waals surface area contributed by atoms with Crippen molar-refractivity contribution in [1.82, 2.24) is 10.7 Å². The maximum absolute atomic E-state index is 12.4. The van der Waals surface area contributed by atoms with Crippen LogP contribution >= 0.6 is 11.6 Å². The lowest BCUT2D eigenvalue weighted by Gasteiger charge is -2.17. The number of furan rings is 1. The van der Waals surface area contributed by atoms with Crippen molar-refractivity contribution < 1.29 is 28.6 Å². The molecule has 0 aliphatic heterocycles. The smallest absolute Gasteiger partial charge is 0.407 e. The van der Waals surface area contributed by atoms with Gasteiger partial charge in [-0.2, -0.15) is 5.10 Å². The van der Waals surface area contributed by atoms with Crippen LogP contribution in [0.5, 0.6) is 0 Å². The van der Waals surface area contributed by atoms with E-state index in [4.69, 9.17) is 20.8 Å². The van der Waals surface area contributed by atoms with Crippen molar-refractivity contribution in [3.8, 4) is 11.3 Å². The molecule has 0 saturated carbocycles. The molecule has 0 saturated heterocycles. The van der Waals surface area contributed by atoms with E-state index in [0.717, 1.165) is 5.56 Å². The number of carbonyl (C=O) groups is 3. The van der Waals surface area contributed by atoms with Crippen LogP contribution in [0.15, 0.2) is 70.2 Å². The molecule has 1 heterocycles. The Morgan fingerprint density at radius 1 is 1.15 bits per heavy atom. The summed E-state index contributed by atoms with van der Waals surface area (Å²) < 4.78 is 10.6. The fourth-order valence-electron chi connectivity index (χ4n) is 3.07. The standard InChI is InChI=1S/C24H22ClN3O6/c1-2-33-24(32)27-20(15-6-4-3-5-7-15)13-22(29)28-26-14-17-9-11-21(34-17)16-8-10-19(25)18(12-16)23(30)31/h3-12,14,20H,2,13H2,1H3,(H,27,32)(H,28,29)(H,30,31)/b26-14-/t20-/m0/s1.